The molecule has 1 N–H and O–H groups in total. The first kappa shape index (κ1) is 9.40. The lowest BCUT2D eigenvalue weighted by Crippen LogP contribution is -2.22. The van der Waals surface area contributed by atoms with Gasteiger partial charge in [-0.05, 0) is 0 Å². The summed E-state index contributed by atoms with van der Waals surface area (Å²) in [6, 6.07) is 0. The minimum atomic E-state index is 0.0711. The third-order valence-corrected chi connectivity index (χ3v) is 1.07. The molecule has 0 spiro atoms. The second-order valence-electron chi connectivity index (χ2n) is 1.90. The molecule has 57 valence electrons. The van der Waals surface area contributed by atoms with Crippen LogP contribution in [0.1, 0.15) is 0 Å². The van der Waals surface area contributed by atoms with Crippen molar-refractivity contribution in [2.75, 3.05) is 19.7 Å². The van der Waals surface area contributed by atoms with Crippen LogP contribution in [-0.2, 0) is 0 Å². The zero-order chi connectivity index (χ0) is 7.82. The highest BCUT2D eigenvalue weighted by Gasteiger charge is 1.97. The van der Waals surface area contributed by atoms with Gasteiger partial charge in [0.1, 0.15) is 0 Å². The van der Waals surface area contributed by atoms with Gasteiger partial charge < -0.3 is 5.11 Å². The molecular formula is C8H14NO. The molecule has 10 heavy (non-hydrogen) atoms. The number of hydrogen-bond donors (Lipinski definition) is 1. The maximum Gasteiger partial charge on any atom is 0.0603 e. The molecule has 0 aliphatic heterocycles. The summed E-state index contributed by atoms with van der Waals surface area (Å²) in [4.78, 5) is 1.93. The molecule has 0 rings (SSSR count). The summed E-state index contributed by atoms with van der Waals surface area (Å²) in [6.45, 7) is 10.5. The molecule has 0 fully saturated rings. The monoisotopic (exact) mass is 140 g/mol. The molecule has 0 saturated heterocycles. The van der Waals surface area contributed by atoms with Crippen molar-refractivity contribution in [2.24, 2.45) is 0 Å². The summed E-state index contributed by atoms with van der Waals surface area (Å²) in [5, 5.41) is 8.52. The molecule has 0 aromatic rings. The van der Waals surface area contributed by atoms with Gasteiger partial charge in [0.05, 0.1) is 13.2 Å². The van der Waals surface area contributed by atoms with E-state index in [1.54, 1.807) is 18.7 Å². The zero-order valence-electron chi connectivity index (χ0n) is 6.16. The van der Waals surface area contributed by atoms with Crippen LogP contribution in [-0.4, -0.2) is 29.7 Å². The van der Waals surface area contributed by atoms with Gasteiger partial charge in [-0.2, -0.15) is 0 Å². The van der Waals surface area contributed by atoms with Crippen LogP contribution in [0.2, 0.25) is 0 Å². The zero-order valence-corrected chi connectivity index (χ0v) is 6.16. The molecule has 0 heterocycles. The number of rotatable bonds is 6. The number of aliphatic hydroxyl groups is 1. The Morgan fingerprint density at radius 2 is 1.70 bits per heavy atom. The second-order valence-corrected chi connectivity index (χ2v) is 1.90. The molecule has 0 aliphatic carbocycles. The summed E-state index contributed by atoms with van der Waals surface area (Å²) in [5.74, 6) is 0. The van der Waals surface area contributed by atoms with E-state index in [9.17, 15) is 0 Å². The van der Waals surface area contributed by atoms with Gasteiger partial charge in [0, 0.05) is 13.1 Å². The highest BCUT2D eigenvalue weighted by molar-refractivity contribution is 4.83. The van der Waals surface area contributed by atoms with Gasteiger partial charge >= 0.3 is 0 Å². The fraction of sp³-hybridized carbons (Fsp3) is 0.375. The van der Waals surface area contributed by atoms with E-state index in [-0.39, 0.29) is 6.61 Å². The average Bonchev–Trinajstić information content (AvgIpc) is 1.90. The van der Waals surface area contributed by atoms with Crippen molar-refractivity contribution in [3.8, 4) is 0 Å². The maximum atomic E-state index is 8.52. The largest absolute Gasteiger partial charge is 0.395 e. The number of nitrogens with zero attached hydrogens (tertiary/aromatic N) is 1. The lowest BCUT2D eigenvalue weighted by Gasteiger charge is -2.15. The molecule has 0 atom stereocenters. The Balaban J connectivity index is 3.48. The van der Waals surface area contributed by atoms with Crippen LogP contribution in [0.5, 0.6) is 0 Å². The molecule has 0 amide bonds. The third kappa shape index (κ3) is 4.30. The van der Waals surface area contributed by atoms with Crippen LogP contribution in [0.3, 0.4) is 0 Å². The van der Waals surface area contributed by atoms with Crippen LogP contribution >= 0.6 is 0 Å². The van der Waals surface area contributed by atoms with E-state index < -0.39 is 0 Å². The summed E-state index contributed by atoms with van der Waals surface area (Å²) in [5.41, 5.74) is 0. The standard InChI is InChI=1S/C8H14NO/c1-3-5-9(6-4-2)7-8-10/h3-4,7,10H,1-2,5-6,8H2. The average molecular weight is 140 g/mol. The van der Waals surface area contributed by atoms with Crippen LogP contribution in [0.25, 0.3) is 0 Å². The minimum Gasteiger partial charge on any atom is -0.395 e. The Kier molecular flexibility index (Phi) is 6.13. The molecule has 0 bridgehead atoms. The number of hydrogen-bond acceptors (Lipinski definition) is 2. The van der Waals surface area contributed by atoms with Gasteiger partial charge in [0.2, 0.25) is 0 Å². The quantitative estimate of drug-likeness (QED) is 0.552. The topological polar surface area (TPSA) is 23.5 Å². The molecule has 2 nitrogen and oxygen atoms in total. The smallest absolute Gasteiger partial charge is 0.0603 e. The molecule has 2 heteroatoms. The Morgan fingerprint density at radius 1 is 1.20 bits per heavy atom. The molecule has 0 saturated carbocycles. The van der Waals surface area contributed by atoms with Crippen molar-refractivity contribution >= 4 is 0 Å². The van der Waals surface area contributed by atoms with E-state index in [1.807, 2.05) is 4.90 Å². The molecule has 0 aromatic heterocycles. The third-order valence-electron chi connectivity index (χ3n) is 1.07. The lowest BCUT2D eigenvalue weighted by molar-refractivity contribution is 0.266. The minimum absolute atomic E-state index is 0.0711. The van der Waals surface area contributed by atoms with Crippen molar-refractivity contribution in [3.05, 3.63) is 31.9 Å². The summed E-state index contributed by atoms with van der Waals surface area (Å²) >= 11 is 0. The first-order valence-electron chi connectivity index (χ1n) is 3.25. The summed E-state index contributed by atoms with van der Waals surface area (Å²) in [6.07, 6.45) is 3.57. The van der Waals surface area contributed by atoms with Crippen molar-refractivity contribution in [1.29, 1.82) is 0 Å². The molecular weight excluding hydrogens is 126 g/mol. The fourth-order valence-corrected chi connectivity index (χ4v) is 0.671. The molecule has 1 radical (unpaired) electrons. The van der Waals surface area contributed by atoms with Crippen LogP contribution in [0, 0.1) is 6.54 Å². The van der Waals surface area contributed by atoms with E-state index in [2.05, 4.69) is 13.2 Å². The highest BCUT2D eigenvalue weighted by atomic mass is 16.3. The normalized spacial score (nSPS) is 9.80. The SMILES string of the molecule is C=CCN([CH]CO)CC=C. The van der Waals surface area contributed by atoms with E-state index in [1.165, 1.54) is 0 Å². The number of aliphatic hydroxyl groups excluding tert-OH is 1. The predicted molar refractivity (Wildman–Crippen MR) is 43.4 cm³/mol. The predicted octanol–water partition coefficient (Wildman–Crippen LogP) is 0.814. The Hall–Kier alpha value is -0.600. The van der Waals surface area contributed by atoms with Gasteiger partial charge in [-0.1, -0.05) is 12.2 Å². The lowest BCUT2D eigenvalue weighted by atomic mass is 10.4. The molecule has 0 unspecified atom stereocenters. The van der Waals surface area contributed by atoms with Gasteiger partial charge in [-0.15, -0.1) is 13.2 Å². The molecule has 0 aliphatic rings. The van der Waals surface area contributed by atoms with Crippen LogP contribution < -0.4 is 0 Å². The van der Waals surface area contributed by atoms with E-state index in [4.69, 9.17) is 5.11 Å². The van der Waals surface area contributed by atoms with Gasteiger partial charge in [-0.25, -0.2) is 0 Å². The second kappa shape index (κ2) is 6.52. The summed E-state index contributed by atoms with van der Waals surface area (Å²) in [7, 11) is 0. The van der Waals surface area contributed by atoms with Crippen LogP contribution in [0.4, 0.5) is 0 Å². The van der Waals surface area contributed by atoms with Gasteiger partial charge in [-0.3, -0.25) is 4.90 Å². The fourth-order valence-electron chi connectivity index (χ4n) is 0.671. The maximum absolute atomic E-state index is 8.52. The van der Waals surface area contributed by atoms with Crippen LogP contribution in [0.15, 0.2) is 25.3 Å². The van der Waals surface area contributed by atoms with Crippen molar-refractivity contribution in [1.82, 2.24) is 4.90 Å². The highest BCUT2D eigenvalue weighted by Crippen LogP contribution is 1.91. The van der Waals surface area contributed by atoms with E-state index in [0.717, 1.165) is 13.1 Å². The Bertz CT molecular complexity index is 91.4. The Labute approximate surface area is 62.5 Å². The van der Waals surface area contributed by atoms with Crippen molar-refractivity contribution in [3.63, 3.8) is 0 Å². The van der Waals surface area contributed by atoms with Gasteiger partial charge in [0.25, 0.3) is 0 Å². The molecule has 0 aromatic carbocycles. The van der Waals surface area contributed by atoms with Gasteiger partial charge in [0.15, 0.2) is 0 Å². The van der Waals surface area contributed by atoms with E-state index >= 15 is 0 Å². The first-order chi connectivity index (χ1) is 4.85. The first-order valence-corrected chi connectivity index (χ1v) is 3.25. The van der Waals surface area contributed by atoms with Crippen molar-refractivity contribution < 1.29 is 5.11 Å². The Morgan fingerprint density at radius 3 is 2.00 bits per heavy atom. The summed E-state index contributed by atoms with van der Waals surface area (Å²) < 4.78 is 0. The van der Waals surface area contributed by atoms with E-state index in [0.29, 0.717) is 0 Å². The van der Waals surface area contributed by atoms with Crippen molar-refractivity contribution in [2.45, 2.75) is 0 Å².